The van der Waals surface area contributed by atoms with Crippen LogP contribution >= 0.6 is 0 Å². The molecule has 0 spiro atoms. The van der Waals surface area contributed by atoms with Gasteiger partial charge in [-0.15, -0.1) is 5.10 Å². The number of nitriles is 1. The molecule has 0 saturated heterocycles. The zero-order valence-electron chi connectivity index (χ0n) is 21.5. The van der Waals surface area contributed by atoms with E-state index in [4.69, 9.17) is 9.41 Å². The van der Waals surface area contributed by atoms with E-state index in [-0.39, 0.29) is 17.8 Å². The van der Waals surface area contributed by atoms with Crippen LogP contribution in [-0.2, 0) is 4.79 Å². The van der Waals surface area contributed by atoms with Crippen LogP contribution in [0.25, 0.3) is 22.7 Å². The molecule has 41 heavy (non-hydrogen) atoms. The molecule has 1 amide bonds. The summed E-state index contributed by atoms with van der Waals surface area (Å²) in [6.45, 7) is 0. The quantitative estimate of drug-likeness (QED) is 0.316. The van der Waals surface area contributed by atoms with Gasteiger partial charge in [-0.1, -0.05) is 53.6 Å². The van der Waals surface area contributed by atoms with E-state index in [0.29, 0.717) is 39.7 Å². The number of hydrogen-bond acceptors (Lipinski definition) is 10. The SMILES string of the molecule is N#Cc1cnc(-c2nnc(N[C@H]3N=C(c4ccccc4)c4ccccc4NC3=O)o2)c(-c2cnc(C3CC3)nc2)c1. The maximum atomic E-state index is 13.2. The molecule has 4 heterocycles. The molecule has 1 aliphatic heterocycles. The second-order valence-corrected chi connectivity index (χ2v) is 9.67. The third kappa shape index (κ3) is 4.79. The fraction of sp³-hybridized carbons (Fsp3) is 0.133. The Hall–Kier alpha value is -5.76. The van der Waals surface area contributed by atoms with E-state index in [1.165, 1.54) is 6.20 Å². The summed E-state index contributed by atoms with van der Waals surface area (Å²) in [4.78, 5) is 31.4. The van der Waals surface area contributed by atoms with Crippen LogP contribution in [0.4, 0.5) is 11.7 Å². The van der Waals surface area contributed by atoms with Gasteiger partial charge < -0.3 is 15.1 Å². The largest absolute Gasteiger partial charge is 0.402 e. The van der Waals surface area contributed by atoms with Crippen LogP contribution in [-0.4, -0.2) is 42.9 Å². The number of rotatable bonds is 6. The van der Waals surface area contributed by atoms with Gasteiger partial charge in [-0.3, -0.25) is 4.79 Å². The number of aliphatic imine (C=N–C) groups is 1. The highest BCUT2D eigenvalue weighted by Crippen LogP contribution is 2.38. The van der Waals surface area contributed by atoms with Gasteiger partial charge in [-0.2, -0.15) is 5.26 Å². The predicted octanol–water partition coefficient (Wildman–Crippen LogP) is 4.57. The first-order chi connectivity index (χ1) is 20.2. The van der Waals surface area contributed by atoms with Crippen LogP contribution in [0.3, 0.4) is 0 Å². The number of nitrogens with zero attached hydrogens (tertiary/aromatic N) is 7. The van der Waals surface area contributed by atoms with Crippen LogP contribution in [0.2, 0.25) is 0 Å². The Morgan fingerprint density at radius 1 is 0.902 bits per heavy atom. The van der Waals surface area contributed by atoms with E-state index >= 15 is 0 Å². The second-order valence-electron chi connectivity index (χ2n) is 9.67. The minimum Gasteiger partial charge on any atom is -0.402 e. The number of pyridine rings is 1. The van der Waals surface area contributed by atoms with Crippen molar-refractivity contribution >= 4 is 23.3 Å². The van der Waals surface area contributed by atoms with Crippen LogP contribution < -0.4 is 10.6 Å². The van der Waals surface area contributed by atoms with Crippen LogP contribution in [0.5, 0.6) is 0 Å². The molecule has 198 valence electrons. The summed E-state index contributed by atoms with van der Waals surface area (Å²) in [5, 5.41) is 23.6. The molecule has 0 bridgehead atoms. The van der Waals surface area contributed by atoms with Crippen LogP contribution in [0, 0.1) is 11.3 Å². The Balaban J connectivity index is 1.22. The highest BCUT2D eigenvalue weighted by atomic mass is 16.4. The zero-order valence-corrected chi connectivity index (χ0v) is 21.5. The zero-order chi connectivity index (χ0) is 27.8. The molecular weight excluding hydrogens is 518 g/mol. The number of fused-ring (bicyclic) bond motifs is 1. The highest BCUT2D eigenvalue weighted by Gasteiger charge is 2.28. The van der Waals surface area contributed by atoms with Crippen molar-refractivity contribution in [1.29, 1.82) is 5.26 Å². The maximum Gasteiger partial charge on any atom is 0.317 e. The predicted molar refractivity (Wildman–Crippen MR) is 150 cm³/mol. The van der Waals surface area contributed by atoms with E-state index in [1.807, 2.05) is 54.6 Å². The molecule has 7 rings (SSSR count). The molecular formula is C30H21N9O2. The third-order valence-electron chi connectivity index (χ3n) is 6.82. The molecule has 1 aliphatic carbocycles. The van der Waals surface area contributed by atoms with E-state index in [2.05, 4.69) is 41.9 Å². The van der Waals surface area contributed by atoms with Gasteiger partial charge in [0.05, 0.1) is 17.0 Å². The summed E-state index contributed by atoms with van der Waals surface area (Å²) in [5.74, 6) is 0.940. The maximum absolute atomic E-state index is 13.2. The van der Waals surface area contributed by atoms with Gasteiger partial charge in [0.25, 0.3) is 11.8 Å². The Morgan fingerprint density at radius 2 is 1.68 bits per heavy atom. The summed E-state index contributed by atoms with van der Waals surface area (Å²) in [6.07, 6.45) is 5.99. The van der Waals surface area contributed by atoms with E-state index in [1.54, 1.807) is 18.5 Å². The number of benzodiazepines with no additional fused rings is 1. The van der Waals surface area contributed by atoms with E-state index in [9.17, 15) is 10.1 Å². The van der Waals surface area contributed by atoms with Gasteiger partial charge in [0.15, 0.2) is 0 Å². The summed E-state index contributed by atoms with van der Waals surface area (Å²) in [6, 6.07) is 20.9. The molecule has 11 heteroatoms. The van der Waals surface area contributed by atoms with Crippen molar-refractivity contribution in [2.24, 2.45) is 4.99 Å². The number of aromatic nitrogens is 5. The molecule has 3 aromatic heterocycles. The Morgan fingerprint density at radius 3 is 2.46 bits per heavy atom. The summed E-state index contributed by atoms with van der Waals surface area (Å²) in [5.41, 5.74) is 4.91. The van der Waals surface area contributed by atoms with Crippen molar-refractivity contribution in [1.82, 2.24) is 25.1 Å². The van der Waals surface area contributed by atoms with Gasteiger partial charge in [0.2, 0.25) is 6.17 Å². The molecule has 0 unspecified atom stereocenters. The Labute approximate surface area is 234 Å². The van der Waals surface area contributed by atoms with E-state index in [0.717, 1.165) is 29.8 Å². The number of carbonyl (C=O) groups excluding carboxylic acids is 1. The van der Waals surface area contributed by atoms with Crippen molar-refractivity contribution in [2.45, 2.75) is 24.9 Å². The summed E-state index contributed by atoms with van der Waals surface area (Å²) in [7, 11) is 0. The Bertz CT molecular complexity index is 1840. The Kier molecular flexibility index (Phi) is 5.98. The molecule has 2 aromatic carbocycles. The van der Waals surface area contributed by atoms with Crippen molar-refractivity contribution in [3.8, 4) is 28.8 Å². The van der Waals surface area contributed by atoms with Crippen molar-refractivity contribution in [3.63, 3.8) is 0 Å². The number of nitrogens with one attached hydrogen (secondary N) is 2. The van der Waals surface area contributed by atoms with E-state index < -0.39 is 6.17 Å². The number of carbonyl (C=O) groups is 1. The minimum atomic E-state index is -1.05. The monoisotopic (exact) mass is 539 g/mol. The average Bonchev–Trinajstić information content (AvgIpc) is 3.79. The second kappa shape index (κ2) is 10.1. The van der Waals surface area contributed by atoms with Gasteiger partial charge in [-0.25, -0.2) is 19.9 Å². The van der Waals surface area contributed by atoms with Crippen molar-refractivity contribution < 1.29 is 9.21 Å². The molecule has 0 radical (unpaired) electrons. The molecule has 2 aliphatic rings. The number of benzene rings is 2. The molecule has 1 atom stereocenters. The molecule has 2 N–H and O–H groups in total. The molecule has 11 nitrogen and oxygen atoms in total. The van der Waals surface area contributed by atoms with Gasteiger partial charge in [0.1, 0.15) is 17.6 Å². The normalized spacial score (nSPS) is 16.1. The van der Waals surface area contributed by atoms with Crippen LogP contribution in [0.15, 0.2) is 88.7 Å². The van der Waals surface area contributed by atoms with Crippen molar-refractivity contribution in [2.75, 3.05) is 10.6 Å². The first kappa shape index (κ1) is 24.3. The lowest BCUT2D eigenvalue weighted by atomic mass is 10.0. The standard InChI is InChI=1S/C30H21N9O2/c31-13-17-12-22(20-15-33-26(34-16-20)19-10-11-19)25(32-14-17)29-38-39-30(41-29)37-27-28(40)35-23-9-5-4-8-21(23)24(36-27)18-6-2-1-3-7-18/h1-9,12,14-16,19,27H,10-11H2,(H,35,40)(H,37,39)/t27-/m1/s1. The number of hydrogen-bond donors (Lipinski definition) is 2. The number of amides is 1. The first-order valence-electron chi connectivity index (χ1n) is 13.0. The number of para-hydroxylation sites is 1. The summed E-state index contributed by atoms with van der Waals surface area (Å²) < 4.78 is 5.92. The third-order valence-corrected chi connectivity index (χ3v) is 6.82. The fourth-order valence-corrected chi connectivity index (χ4v) is 4.62. The lowest BCUT2D eigenvalue weighted by molar-refractivity contribution is -0.116. The van der Waals surface area contributed by atoms with Crippen LogP contribution in [0.1, 0.15) is 41.3 Å². The minimum absolute atomic E-state index is 0.0142. The fourth-order valence-electron chi connectivity index (χ4n) is 4.62. The highest BCUT2D eigenvalue weighted by molar-refractivity contribution is 6.19. The smallest absolute Gasteiger partial charge is 0.317 e. The lowest BCUT2D eigenvalue weighted by Crippen LogP contribution is -2.32. The van der Waals surface area contributed by atoms with Gasteiger partial charge in [-0.05, 0) is 25.0 Å². The lowest BCUT2D eigenvalue weighted by Gasteiger charge is -2.11. The summed E-state index contributed by atoms with van der Waals surface area (Å²) >= 11 is 0. The molecule has 5 aromatic rings. The number of anilines is 2. The van der Waals surface area contributed by atoms with Crippen molar-refractivity contribution in [3.05, 3.63) is 102 Å². The first-order valence-corrected chi connectivity index (χ1v) is 13.0. The van der Waals surface area contributed by atoms with Gasteiger partial charge >= 0.3 is 6.01 Å². The molecule has 1 saturated carbocycles. The average molecular weight is 540 g/mol. The molecule has 1 fully saturated rings. The van der Waals surface area contributed by atoms with Gasteiger partial charge in [0, 0.05) is 46.8 Å². The topological polar surface area (TPSA) is 155 Å².